The molecule has 82 valence electrons. The zero-order valence-electron chi connectivity index (χ0n) is 8.76. The molecule has 1 nitrogen and oxygen atoms in total. The van der Waals surface area contributed by atoms with Gasteiger partial charge in [0.15, 0.2) is 0 Å². The third-order valence-electron chi connectivity index (χ3n) is 3.16. The van der Waals surface area contributed by atoms with Gasteiger partial charge in [-0.05, 0) is 65.0 Å². The summed E-state index contributed by atoms with van der Waals surface area (Å²) in [5, 5.41) is 3.36. The molecule has 0 aliphatic carbocycles. The van der Waals surface area contributed by atoms with Gasteiger partial charge in [0.1, 0.15) is 5.82 Å². The van der Waals surface area contributed by atoms with Gasteiger partial charge in [0.25, 0.3) is 0 Å². The fourth-order valence-corrected chi connectivity index (χ4v) is 2.50. The Bertz CT molecular complexity index is 353. The van der Waals surface area contributed by atoms with Crippen molar-refractivity contribution in [3.63, 3.8) is 0 Å². The van der Waals surface area contributed by atoms with E-state index in [9.17, 15) is 4.39 Å². The van der Waals surface area contributed by atoms with Crippen molar-refractivity contribution < 1.29 is 4.39 Å². The Balaban J connectivity index is 2.24. The highest BCUT2D eigenvalue weighted by Crippen LogP contribution is 2.31. The maximum absolute atomic E-state index is 13.4. The molecule has 1 heterocycles. The fourth-order valence-electron chi connectivity index (χ4n) is 2.25. The Hall–Kier alpha value is -0.410. The third kappa shape index (κ3) is 2.40. The van der Waals surface area contributed by atoms with Crippen molar-refractivity contribution in [2.24, 2.45) is 5.92 Å². The van der Waals surface area contributed by atoms with Crippen LogP contribution < -0.4 is 5.32 Å². The predicted molar refractivity (Wildman–Crippen MR) is 63.5 cm³/mol. The molecule has 1 aromatic rings. The first kappa shape index (κ1) is 11.1. The van der Waals surface area contributed by atoms with Crippen LogP contribution in [0.5, 0.6) is 0 Å². The third-order valence-corrected chi connectivity index (χ3v) is 3.80. The summed E-state index contributed by atoms with van der Waals surface area (Å²) in [7, 11) is 0. The highest BCUT2D eigenvalue weighted by Gasteiger charge is 2.23. The predicted octanol–water partition coefficient (Wildman–Crippen LogP) is 3.30. The molecule has 0 bridgehead atoms. The summed E-state index contributed by atoms with van der Waals surface area (Å²) in [4.78, 5) is 0. The zero-order valence-corrected chi connectivity index (χ0v) is 10.3. The van der Waals surface area contributed by atoms with E-state index in [0.29, 0.717) is 16.3 Å². The number of hydrogen-bond donors (Lipinski definition) is 1. The van der Waals surface area contributed by atoms with Gasteiger partial charge in [-0.25, -0.2) is 4.39 Å². The Morgan fingerprint density at radius 1 is 1.47 bits per heavy atom. The van der Waals surface area contributed by atoms with E-state index in [2.05, 4.69) is 28.2 Å². The Labute approximate surface area is 98.2 Å². The van der Waals surface area contributed by atoms with Crippen molar-refractivity contribution in [1.82, 2.24) is 5.32 Å². The van der Waals surface area contributed by atoms with E-state index >= 15 is 0 Å². The Morgan fingerprint density at radius 2 is 2.27 bits per heavy atom. The Morgan fingerprint density at radius 3 is 2.93 bits per heavy atom. The second kappa shape index (κ2) is 4.62. The van der Waals surface area contributed by atoms with Crippen molar-refractivity contribution >= 4 is 15.9 Å². The molecule has 3 heteroatoms. The highest BCUT2D eigenvalue weighted by atomic mass is 79.9. The van der Waals surface area contributed by atoms with Crippen LogP contribution in [-0.4, -0.2) is 13.1 Å². The molecular formula is C12H15BrFN. The number of piperidine rings is 1. The van der Waals surface area contributed by atoms with Crippen LogP contribution in [0.2, 0.25) is 0 Å². The van der Waals surface area contributed by atoms with Crippen molar-refractivity contribution in [3.05, 3.63) is 34.1 Å². The average Bonchev–Trinajstić information content (AvgIpc) is 2.23. The number of rotatable bonds is 1. The largest absolute Gasteiger partial charge is 0.316 e. The fraction of sp³-hybridized carbons (Fsp3) is 0.500. The molecule has 15 heavy (non-hydrogen) atoms. The highest BCUT2D eigenvalue weighted by molar-refractivity contribution is 9.10. The summed E-state index contributed by atoms with van der Waals surface area (Å²) in [6.45, 7) is 4.28. The quantitative estimate of drug-likeness (QED) is 0.827. The second-order valence-corrected chi connectivity index (χ2v) is 5.10. The first-order valence-corrected chi connectivity index (χ1v) is 6.13. The molecular weight excluding hydrogens is 257 g/mol. The van der Waals surface area contributed by atoms with Crippen LogP contribution in [0.25, 0.3) is 0 Å². The first-order chi connectivity index (χ1) is 7.18. The number of hydrogen-bond acceptors (Lipinski definition) is 1. The molecule has 2 atom stereocenters. The van der Waals surface area contributed by atoms with E-state index in [1.165, 1.54) is 0 Å². The topological polar surface area (TPSA) is 12.0 Å². The van der Waals surface area contributed by atoms with Gasteiger partial charge in [-0.1, -0.05) is 13.0 Å². The van der Waals surface area contributed by atoms with Crippen LogP contribution in [0.3, 0.4) is 0 Å². The van der Waals surface area contributed by atoms with Gasteiger partial charge in [0.2, 0.25) is 0 Å². The number of halogens is 2. The summed E-state index contributed by atoms with van der Waals surface area (Å²) in [6, 6.07) is 5.50. The van der Waals surface area contributed by atoms with Crippen LogP contribution >= 0.6 is 15.9 Å². The van der Waals surface area contributed by atoms with Gasteiger partial charge in [0, 0.05) is 0 Å². The lowest BCUT2D eigenvalue weighted by Gasteiger charge is -2.29. The van der Waals surface area contributed by atoms with Crippen LogP contribution in [0.15, 0.2) is 22.7 Å². The number of nitrogens with one attached hydrogen (secondary N) is 1. The van der Waals surface area contributed by atoms with Crippen molar-refractivity contribution in [2.75, 3.05) is 13.1 Å². The smallest absolute Gasteiger partial charge is 0.137 e. The molecule has 0 amide bonds. The van der Waals surface area contributed by atoms with Gasteiger partial charge in [-0.15, -0.1) is 0 Å². The van der Waals surface area contributed by atoms with Gasteiger partial charge >= 0.3 is 0 Å². The summed E-state index contributed by atoms with van der Waals surface area (Å²) >= 11 is 3.18. The lowest BCUT2D eigenvalue weighted by molar-refractivity contribution is 0.348. The minimum absolute atomic E-state index is 0.154. The molecule has 0 saturated carbocycles. The van der Waals surface area contributed by atoms with E-state index in [1.54, 1.807) is 12.1 Å². The minimum Gasteiger partial charge on any atom is -0.316 e. The minimum atomic E-state index is -0.154. The van der Waals surface area contributed by atoms with Crippen LogP contribution in [0.1, 0.15) is 24.8 Å². The standard InChI is InChI=1S/C12H15BrFN/c1-8-7-15-5-4-10(8)9-2-3-11(13)12(14)6-9/h2-3,6,8,10,15H,4-5,7H2,1H3. The van der Waals surface area contributed by atoms with E-state index in [1.807, 2.05) is 6.07 Å². The lowest BCUT2D eigenvalue weighted by atomic mass is 9.82. The molecule has 2 rings (SSSR count). The second-order valence-electron chi connectivity index (χ2n) is 4.25. The van der Waals surface area contributed by atoms with Crippen molar-refractivity contribution in [1.29, 1.82) is 0 Å². The zero-order chi connectivity index (χ0) is 10.8. The summed E-state index contributed by atoms with van der Waals surface area (Å²) < 4.78 is 13.9. The normalized spacial score (nSPS) is 26.6. The molecule has 2 unspecified atom stereocenters. The Kier molecular flexibility index (Phi) is 3.42. The SMILES string of the molecule is CC1CNCCC1c1ccc(Br)c(F)c1. The van der Waals surface area contributed by atoms with Gasteiger partial charge in [-0.3, -0.25) is 0 Å². The van der Waals surface area contributed by atoms with Gasteiger partial charge in [-0.2, -0.15) is 0 Å². The maximum Gasteiger partial charge on any atom is 0.137 e. The molecule has 0 radical (unpaired) electrons. The van der Waals surface area contributed by atoms with Gasteiger partial charge in [0.05, 0.1) is 4.47 Å². The van der Waals surface area contributed by atoms with Crippen LogP contribution in [0.4, 0.5) is 4.39 Å². The van der Waals surface area contributed by atoms with E-state index in [4.69, 9.17) is 0 Å². The van der Waals surface area contributed by atoms with E-state index in [0.717, 1.165) is 25.1 Å². The van der Waals surface area contributed by atoms with E-state index in [-0.39, 0.29) is 5.82 Å². The molecule has 1 fully saturated rings. The maximum atomic E-state index is 13.4. The first-order valence-electron chi connectivity index (χ1n) is 5.34. The summed E-state index contributed by atoms with van der Waals surface area (Å²) in [5.74, 6) is 0.923. The van der Waals surface area contributed by atoms with Crippen molar-refractivity contribution in [2.45, 2.75) is 19.3 Å². The molecule has 1 aromatic carbocycles. The molecule has 0 aromatic heterocycles. The average molecular weight is 272 g/mol. The molecule has 0 spiro atoms. The number of benzene rings is 1. The van der Waals surface area contributed by atoms with Crippen molar-refractivity contribution in [3.8, 4) is 0 Å². The molecule has 1 aliphatic rings. The molecule has 1 saturated heterocycles. The van der Waals surface area contributed by atoms with Crippen LogP contribution in [-0.2, 0) is 0 Å². The summed E-state index contributed by atoms with van der Waals surface area (Å²) in [6.07, 6.45) is 1.10. The molecule has 1 aliphatic heterocycles. The summed E-state index contributed by atoms with van der Waals surface area (Å²) in [5.41, 5.74) is 1.13. The van der Waals surface area contributed by atoms with Gasteiger partial charge < -0.3 is 5.32 Å². The monoisotopic (exact) mass is 271 g/mol. The van der Waals surface area contributed by atoms with Crippen LogP contribution in [0, 0.1) is 11.7 Å². The molecule has 1 N–H and O–H groups in total. The van der Waals surface area contributed by atoms with E-state index < -0.39 is 0 Å². The lowest BCUT2D eigenvalue weighted by Crippen LogP contribution is -2.33.